The monoisotopic (exact) mass is 372 g/mol. The van der Waals surface area contributed by atoms with Gasteiger partial charge in [0.15, 0.2) is 0 Å². The van der Waals surface area contributed by atoms with Crippen LogP contribution in [-0.2, 0) is 23.9 Å². The van der Waals surface area contributed by atoms with Crippen molar-refractivity contribution in [2.24, 2.45) is 0 Å². The van der Waals surface area contributed by atoms with Gasteiger partial charge in [0.05, 0.1) is 6.61 Å². The van der Waals surface area contributed by atoms with Crippen LogP contribution in [0.2, 0.25) is 12.6 Å². The van der Waals surface area contributed by atoms with Gasteiger partial charge in [0, 0.05) is 28.5 Å². The predicted octanol–water partition coefficient (Wildman–Crippen LogP) is 1.69. The van der Waals surface area contributed by atoms with E-state index in [0.29, 0.717) is 25.5 Å². The van der Waals surface area contributed by atoms with Gasteiger partial charge in [-0.2, -0.15) is 0 Å². The molecule has 0 bridgehead atoms. The van der Waals surface area contributed by atoms with Crippen molar-refractivity contribution in [3.05, 3.63) is 0 Å². The molecular formula is C17H32O5Si2. The van der Waals surface area contributed by atoms with Crippen molar-refractivity contribution in [1.29, 1.82) is 0 Å². The van der Waals surface area contributed by atoms with Crippen LogP contribution < -0.4 is 0 Å². The fourth-order valence-electron chi connectivity index (χ4n) is 3.08. The first-order valence-electron chi connectivity index (χ1n) is 9.01. The summed E-state index contributed by atoms with van der Waals surface area (Å²) >= 11 is 0. The Hall–Kier alpha value is -0.796. The van der Waals surface area contributed by atoms with E-state index in [-0.39, 0.29) is 22.0 Å². The summed E-state index contributed by atoms with van der Waals surface area (Å²) in [5, 5.41) is 0.0620. The van der Waals surface area contributed by atoms with Crippen LogP contribution in [0.1, 0.15) is 58.8 Å². The van der Waals surface area contributed by atoms with E-state index >= 15 is 0 Å². The summed E-state index contributed by atoms with van der Waals surface area (Å²) in [5.74, 6) is -0.190. The van der Waals surface area contributed by atoms with E-state index in [4.69, 9.17) is 9.47 Å². The highest BCUT2D eigenvalue weighted by molar-refractivity contribution is 7.24. The zero-order valence-corrected chi connectivity index (χ0v) is 18.6. The van der Waals surface area contributed by atoms with Crippen molar-refractivity contribution in [1.82, 2.24) is 0 Å². The Balaban J connectivity index is 2.20. The standard InChI is InChI=1S/C17H32O5Si2/c1-14(18)24(3,15(2)19)13-7-11-21-16(20)8-6-10-17(23)9-4-5-12-22-17/h4-13H2,1-3,23H3. The maximum atomic E-state index is 11.8. The normalized spacial score (nSPS) is 21.5. The molecule has 1 aliphatic heterocycles. The molecule has 1 aliphatic rings. The molecule has 0 amide bonds. The van der Waals surface area contributed by atoms with Crippen LogP contribution in [0, 0.1) is 0 Å². The lowest BCUT2D eigenvalue weighted by Crippen LogP contribution is -2.47. The third-order valence-electron chi connectivity index (χ3n) is 5.28. The summed E-state index contributed by atoms with van der Waals surface area (Å²) in [6, 6.07) is 0.558. The van der Waals surface area contributed by atoms with Gasteiger partial charge in [-0.1, -0.05) is 6.55 Å². The quantitative estimate of drug-likeness (QED) is 0.331. The molecule has 0 aromatic rings. The molecule has 0 aromatic heterocycles. The van der Waals surface area contributed by atoms with Gasteiger partial charge in [-0.25, -0.2) is 0 Å². The maximum absolute atomic E-state index is 11.8. The second-order valence-electron chi connectivity index (χ2n) is 7.38. The molecule has 0 spiro atoms. The van der Waals surface area contributed by atoms with Crippen LogP contribution >= 0.6 is 0 Å². The minimum absolute atomic E-state index is 0.00576. The number of hydrogen-bond acceptors (Lipinski definition) is 5. The highest BCUT2D eigenvalue weighted by Crippen LogP contribution is 2.26. The molecule has 1 atom stereocenters. The number of carbonyl (C=O) groups is 3. The molecule has 1 heterocycles. The van der Waals surface area contributed by atoms with Gasteiger partial charge in [0.25, 0.3) is 0 Å². The van der Waals surface area contributed by atoms with Gasteiger partial charge in [-0.3, -0.25) is 4.79 Å². The van der Waals surface area contributed by atoms with E-state index in [1.54, 1.807) is 6.55 Å². The van der Waals surface area contributed by atoms with Crippen LogP contribution in [-0.4, -0.2) is 53.5 Å². The third-order valence-corrected chi connectivity index (χ3v) is 11.0. The van der Waals surface area contributed by atoms with Crippen LogP contribution in [0.4, 0.5) is 0 Å². The molecule has 1 saturated heterocycles. The van der Waals surface area contributed by atoms with Crippen LogP contribution in [0.5, 0.6) is 0 Å². The Morgan fingerprint density at radius 3 is 2.38 bits per heavy atom. The van der Waals surface area contributed by atoms with Gasteiger partial charge in [0.1, 0.15) is 10.8 Å². The molecule has 1 unspecified atom stereocenters. The third kappa shape index (κ3) is 6.60. The maximum Gasteiger partial charge on any atom is 0.305 e. The minimum atomic E-state index is -2.52. The molecule has 0 aromatic carbocycles. The first kappa shape index (κ1) is 21.2. The van der Waals surface area contributed by atoms with Crippen LogP contribution in [0.3, 0.4) is 0 Å². The molecule has 0 saturated carbocycles. The fraction of sp³-hybridized carbons (Fsp3) is 0.824. The first-order chi connectivity index (χ1) is 11.2. The smallest absolute Gasteiger partial charge is 0.305 e. The molecular weight excluding hydrogens is 340 g/mol. The Kier molecular flexibility index (Phi) is 8.52. The van der Waals surface area contributed by atoms with Gasteiger partial charge in [-0.05, 0) is 58.4 Å². The van der Waals surface area contributed by atoms with Gasteiger partial charge >= 0.3 is 5.97 Å². The number of carbonyl (C=O) groups excluding carboxylic acids is 3. The molecule has 7 heteroatoms. The Bertz CT molecular complexity index is 444. The highest BCUT2D eigenvalue weighted by Gasteiger charge is 2.38. The molecule has 24 heavy (non-hydrogen) atoms. The van der Waals surface area contributed by atoms with E-state index in [2.05, 4.69) is 0 Å². The topological polar surface area (TPSA) is 69.7 Å². The summed E-state index contributed by atoms with van der Waals surface area (Å²) in [4.78, 5) is 35.2. The Morgan fingerprint density at radius 2 is 1.83 bits per heavy atom. The summed E-state index contributed by atoms with van der Waals surface area (Å²) in [5.41, 5.74) is 0. The highest BCUT2D eigenvalue weighted by atomic mass is 28.3. The van der Waals surface area contributed by atoms with Crippen LogP contribution in [0.15, 0.2) is 0 Å². The molecule has 5 nitrogen and oxygen atoms in total. The molecule has 0 radical (unpaired) electrons. The molecule has 138 valence electrons. The fourth-order valence-corrected chi connectivity index (χ4v) is 6.04. The van der Waals surface area contributed by atoms with E-state index in [9.17, 15) is 14.4 Å². The zero-order chi connectivity index (χ0) is 18.2. The zero-order valence-electron chi connectivity index (χ0n) is 15.6. The van der Waals surface area contributed by atoms with Crippen molar-refractivity contribution in [2.75, 3.05) is 13.2 Å². The number of ether oxygens (including phenoxy) is 2. The number of esters is 1. The predicted molar refractivity (Wildman–Crippen MR) is 99.7 cm³/mol. The van der Waals surface area contributed by atoms with Crippen LogP contribution in [0.25, 0.3) is 0 Å². The van der Waals surface area contributed by atoms with E-state index < -0.39 is 8.07 Å². The van der Waals surface area contributed by atoms with Crippen molar-refractivity contribution < 1.29 is 23.9 Å². The molecule has 1 fully saturated rings. The summed E-state index contributed by atoms with van der Waals surface area (Å²) < 4.78 is 11.1. The van der Waals surface area contributed by atoms with Gasteiger partial charge < -0.3 is 19.1 Å². The summed E-state index contributed by atoms with van der Waals surface area (Å²) in [6.07, 6.45) is 6.23. The Labute approximate surface area is 149 Å². The second kappa shape index (κ2) is 9.63. The summed E-state index contributed by atoms with van der Waals surface area (Å²) in [6.45, 7) is 5.94. The molecule has 0 aliphatic carbocycles. The van der Waals surface area contributed by atoms with Crippen molar-refractivity contribution in [2.45, 2.75) is 76.6 Å². The van der Waals surface area contributed by atoms with Crippen molar-refractivity contribution >= 4 is 35.1 Å². The second-order valence-corrected chi connectivity index (χ2v) is 13.8. The van der Waals surface area contributed by atoms with E-state index in [0.717, 1.165) is 42.5 Å². The van der Waals surface area contributed by atoms with Crippen molar-refractivity contribution in [3.63, 3.8) is 0 Å². The first-order valence-corrected chi connectivity index (χ1v) is 12.7. The largest absolute Gasteiger partial charge is 0.466 e. The Morgan fingerprint density at radius 1 is 1.17 bits per heavy atom. The van der Waals surface area contributed by atoms with Gasteiger partial charge in [-0.15, -0.1) is 0 Å². The lowest BCUT2D eigenvalue weighted by Gasteiger charge is -2.34. The number of hydrogen-bond donors (Lipinski definition) is 0. The van der Waals surface area contributed by atoms with E-state index in [1.165, 1.54) is 20.3 Å². The lowest BCUT2D eigenvalue weighted by molar-refractivity contribution is -0.144. The van der Waals surface area contributed by atoms with E-state index in [1.807, 2.05) is 0 Å². The SMILES string of the molecule is CC(=O)[Si](C)(CCCOC(=O)CCCC1([SiH3])CCCCO1)C(C)=O. The summed E-state index contributed by atoms with van der Waals surface area (Å²) in [7, 11) is -1.51. The molecule has 0 N–H and O–H groups in total. The average Bonchev–Trinajstić information content (AvgIpc) is 2.51. The lowest BCUT2D eigenvalue weighted by atomic mass is 10.0. The minimum Gasteiger partial charge on any atom is -0.466 e. The average molecular weight is 373 g/mol. The number of rotatable bonds is 10. The van der Waals surface area contributed by atoms with Gasteiger partial charge in [0.2, 0.25) is 8.07 Å². The molecule has 1 rings (SSSR count). The van der Waals surface area contributed by atoms with Crippen molar-refractivity contribution in [3.8, 4) is 0 Å².